The summed E-state index contributed by atoms with van der Waals surface area (Å²) in [5.74, 6) is 1.78. The minimum atomic E-state index is -0.236. The number of halogens is 1. The van der Waals surface area contributed by atoms with Gasteiger partial charge >= 0.3 is 0 Å². The molecule has 5 aromatic rings. The maximum atomic E-state index is 13.0. The van der Waals surface area contributed by atoms with Crippen LogP contribution < -0.4 is 10.1 Å². The van der Waals surface area contributed by atoms with E-state index in [0.29, 0.717) is 27.1 Å². The monoisotopic (exact) mass is 459 g/mol. The van der Waals surface area contributed by atoms with Gasteiger partial charge in [0.1, 0.15) is 5.75 Å². The van der Waals surface area contributed by atoms with Crippen molar-refractivity contribution < 1.29 is 9.53 Å². The minimum Gasteiger partial charge on any atom is -0.455 e. The van der Waals surface area contributed by atoms with Crippen LogP contribution in [0, 0.1) is 0 Å². The summed E-state index contributed by atoms with van der Waals surface area (Å²) in [6, 6.07) is 26.2. The fourth-order valence-corrected chi connectivity index (χ4v) is 4.53. The summed E-state index contributed by atoms with van der Waals surface area (Å²) in [6.45, 7) is 0. The van der Waals surface area contributed by atoms with E-state index < -0.39 is 0 Å². The molecule has 2 heterocycles. The molecule has 1 N–H and O–H groups in total. The summed E-state index contributed by atoms with van der Waals surface area (Å²) >= 11 is 7.56. The van der Waals surface area contributed by atoms with Crippen LogP contribution in [0.1, 0.15) is 9.67 Å². The number of aryl methyl sites for hydroxylation is 1. The number of hydrogen-bond donors (Lipinski definition) is 1. The second kappa shape index (κ2) is 8.49. The third kappa shape index (κ3) is 3.98. The zero-order valence-electron chi connectivity index (χ0n) is 17.1. The summed E-state index contributed by atoms with van der Waals surface area (Å²) in [5, 5.41) is 3.44. The third-order valence-electron chi connectivity index (χ3n) is 5.00. The van der Waals surface area contributed by atoms with Crippen molar-refractivity contribution in [2.24, 2.45) is 7.05 Å². The van der Waals surface area contributed by atoms with Crippen LogP contribution in [-0.2, 0) is 7.05 Å². The Morgan fingerprint density at radius 1 is 1.00 bits per heavy atom. The number of hydrogen-bond acceptors (Lipinski definition) is 4. The number of ether oxygens (including phenoxy) is 1. The number of aromatic nitrogens is 2. The zero-order valence-corrected chi connectivity index (χ0v) is 18.7. The predicted octanol–water partition coefficient (Wildman–Crippen LogP) is 7.00. The zero-order chi connectivity index (χ0) is 22.1. The van der Waals surface area contributed by atoms with E-state index in [9.17, 15) is 4.79 Å². The number of para-hydroxylation sites is 3. The summed E-state index contributed by atoms with van der Waals surface area (Å²) < 4.78 is 7.98. The molecule has 7 heteroatoms. The average molecular weight is 460 g/mol. The number of rotatable bonds is 5. The molecule has 0 bridgehead atoms. The maximum absolute atomic E-state index is 13.0. The fraction of sp³-hybridized carbons (Fsp3) is 0.0400. The maximum Gasteiger partial charge on any atom is 0.265 e. The highest BCUT2D eigenvalue weighted by atomic mass is 35.5. The van der Waals surface area contributed by atoms with Gasteiger partial charge in [-0.3, -0.25) is 4.79 Å². The van der Waals surface area contributed by atoms with E-state index in [1.807, 2.05) is 72.3 Å². The SMILES string of the molecule is Cn1c(-c2ccc(C(=O)Nc3cc(Cl)ccc3Oc3ccccc3)s2)nc2ccccc21. The van der Waals surface area contributed by atoms with Crippen molar-refractivity contribution in [1.29, 1.82) is 0 Å². The van der Waals surface area contributed by atoms with Crippen LogP contribution in [0.3, 0.4) is 0 Å². The van der Waals surface area contributed by atoms with Gasteiger partial charge in [-0.15, -0.1) is 11.3 Å². The molecule has 158 valence electrons. The molecule has 0 atom stereocenters. The highest BCUT2D eigenvalue weighted by molar-refractivity contribution is 7.17. The summed E-state index contributed by atoms with van der Waals surface area (Å²) in [4.78, 5) is 19.2. The molecule has 5 rings (SSSR count). The second-order valence-electron chi connectivity index (χ2n) is 7.16. The highest BCUT2D eigenvalue weighted by Crippen LogP contribution is 2.34. The molecule has 0 aliphatic heterocycles. The third-order valence-corrected chi connectivity index (χ3v) is 6.31. The normalized spacial score (nSPS) is 10.9. The largest absolute Gasteiger partial charge is 0.455 e. The lowest BCUT2D eigenvalue weighted by Crippen LogP contribution is -2.11. The molecule has 0 saturated heterocycles. The van der Waals surface area contributed by atoms with Crippen molar-refractivity contribution in [2.75, 3.05) is 5.32 Å². The van der Waals surface area contributed by atoms with Crippen molar-refractivity contribution >= 4 is 45.6 Å². The van der Waals surface area contributed by atoms with Crippen molar-refractivity contribution in [3.8, 4) is 22.2 Å². The molecule has 1 amide bonds. The van der Waals surface area contributed by atoms with Crippen LogP contribution in [0.4, 0.5) is 5.69 Å². The molecule has 5 nitrogen and oxygen atoms in total. The first-order valence-corrected chi connectivity index (χ1v) is 11.1. The lowest BCUT2D eigenvalue weighted by Gasteiger charge is -2.12. The standard InChI is InChI=1S/C25H18ClN3O2S/c1-29-20-10-6-5-9-18(20)27-24(29)22-13-14-23(32-22)25(30)28-19-15-16(26)11-12-21(19)31-17-7-3-2-4-8-17/h2-15H,1H3,(H,28,30). The summed E-state index contributed by atoms with van der Waals surface area (Å²) in [6.07, 6.45) is 0. The lowest BCUT2D eigenvalue weighted by molar-refractivity contribution is 0.103. The molecule has 32 heavy (non-hydrogen) atoms. The predicted molar refractivity (Wildman–Crippen MR) is 130 cm³/mol. The molecular weight excluding hydrogens is 442 g/mol. The molecule has 0 aliphatic carbocycles. The van der Waals surface area contributed by atoms with Crippen molar-refractivity contribution in [3.63, 3.8) is 0 Å². The number of amides is 1. The number of fused-ring (bicyclic) bond motifs is 1. The van der Waals surface area contributed by atoms with E-state index in [-0.39, 0.29) is 5.91 Å². The van der Waals surface area contributed by atoms with Crippen molar-refractivity contribution in [1.82, 2.24) is 9.55 Å². The summed E-state index contributed by atoms with van der Waals surface area (Å²) in [7, 11) is 1.98. The van der Waals surface area contributed by atoms with Crippen LogP contribution in [0.2, 0.25) is 5.02 Å². The molecule has 0 fully saturated rings. The van der Waals surface area contributed by atoms with E-state index in [0.717, 1.165) is 21.7 Å². The van der Waals surface area contributed by atoms with Crippen molar-refractivity contribution in [3.05, 3.63) is 94.8 Å². The Bertz CT molecular complexity index is 1430. The van der Waals surface area contributed by atoms with Gasteiger partial charge in [-0.25, -0.2) is 4.98 Å². The number of carbonyl (C=O) groups excluding carboxylic acids is 1. The molecule has 2 aromatic heterocycles. The lowest BCUT2D eigenvalue weighted by atomic mass is 10.2. The first kappa shape index (κ1) is 20.3. The van der Waals surface area contributed by atoms with Gasteiger partial charge in [-0.2, -0.15) is 0 Å². The van der Waals surface area contributed by atoms with Crippen LogP contribution in [0.15, 0.2) is 84.9 Å². The van der Waals surface area contributed by atoms with Crippen LogP contribution in [-0.4, -0.2) is 15.5 Å². The number of carbonyl (C=O) groups is 1. The van der Waals surface area contributed by atoms with Gasteiger partial charge in [0.25, 0.3) is 5.91 Å². The van der Waals surface area contributed by atoms with Gasteiger partial charge in [0.15, 0.2) is 11.6 Å². The molecule has 0 unspecified atom stereocenters. The highest BCUT2D eigenvalue weighted by Gasteiger charge is 2.17. The minimum absolute atomic E-state index is 0.236. The van der Waals surface area contributed by atoms with E-state index in [2.05, 4.69) is 5.32 Å². The Labute approximate surface area is 193 Å². The number of imidazole rings is 1. The van der Waals surface area contributed by atoms with Gasteiger partial charge in [0.05, 0.1) is 26.5 Å². The fourth-order valence-electron chi connectivity index (χ4n) is 3.43. The van der Waals surface area contributed by atoms with Gasteiger partial charge in [-0.1, -0.05) is 41.9 Å². The number of benzene rings is 3. The van der Waals surface area contributed by atoms with Crippen LogP contribution in [0.25, 0.3) is 21.7 Å². The molecule has 0 radical (unpaired) electrons. The van der Waals surface area contributed by atoms with Crippen LogP contribution >= 0.6 is 22.9 Å². The molecule has 3 aromatic carbocycles. The quantitative estimate of drug-likeness (QED) is 0.308. The Hall–Kier alpha value is -3.61. The first-order chi connectivity index (χ1) is 15.6. The molecule has 0 aliphatic rings. The van der Waals surface area contributed by atoms with E-state index in [4.69, 9.17) is 21.3 Å². The Morgan fingerprint density at radius 2 is 1.78 bits per heavy atom. The summed E-state index contributed by atoms with van der Waals surface area (Å²) in [5.41, 5.74) is 2.47. The van der Waals surface area contributed by atoms with E-state index in [1.165, 1.54) is 11.3 Å². The van der Waals surface area contributed by atoms with Crippen molar-refractivity contribution in [2.45, 2.75) is 0 Å². The number of anilines is 1. The van der Waals surface area contributed by atoms with Gasteiger partial charge in [0.2, 0.25) is 0 Å². The van der Waals surface area contributed by atoms with Gasteiger partial charge in [-0.05, 0) is 54.6 Å². The van der Waals surface area contributed by atoms with Gasteiger partial charge < -0.3 is 14.6 Å². The Morgan fingerprint density at radius 3 is 2.59 bits per heavy atom. The number of thiophene rings is 1. The Balaban J connectivity index is 1.41. The average Bonchev–Trinajstić information content (AvgIpc) is 3.42. The van der Waals surface area contributed by atoms with E-state index >= 15 is 0 Å². The number of nitrogens with one attached hydrogen (secondary N) is 1. The van der Waals surface area contributed by atoms with Gasteiger partial charge in [0, 0.05) is 12.1 Å². The van der Waals surface area contributed by atoms with E-state index in [1.54, 1.807) is 24.3 Å². The number of nitrogens with zero attached hydrogens (tertiary/aromatic N) is 2. The van der Waals surface area contributed by atoms with Crippen LogP contribution in [0.5, 0.6) is 11.5 Å². The molecular formula is C25H18ClN3O2S. The second-order valence-corrected chi connectivity index (χ2v) is 8.68. The topological polar surface area (TPSA) is 56.2 Å². The first-order valence-electron chi connectivity index (χ1n) is 9.94. The molecule has 0 spiro atoms. The smallest absolute Gasteiger partial charge is 0.265 e. The molecule has 0 saturated carbocycles. The Kier molecular flexibility index (Phi) is 5.39.